The number of hydrazone groups is 1. The molecule has 0 saturated carbocycles. The molecule has 0 unspecified atom stereocenters. The standard InChI is InChI=1S/C14H15N3O2/c1-18-12-7-5-6-11(14(12)19-2)10-16-17-13-8-3-4-9-15-13/h3-10H,1-2H3,(H,15,17)/b16-10+. The van der Waals surface area contributed by atoms with Crippen LogP contribution in [-0.2, 0) is 0 Å². The number of rotatable bonds is 5. The Morgan fingerprint density at radius 1 is 1.11 bits per heavy atom. The van der Waals surface area contributed by atoms with Gasteiger partial charge >= 0.3 is 0 Å². The number of hydrogen-bond donors (Lipinski definition) is 1. The largest absolute Gasteiger partial charge is 0.493 e. The normalized spacial score (nSPS) is 10.4. The van der Waals surface area contributed by atoms with Gasteiger partial charge in [0, 0.05) is 11.8 Å². The van der Waals surface area contributed by atoms with Gasteiger partial charge in [-0.1, -0.05) is 12.1 Å². The number of aromatic nitrogens is 1. The summed E-state index contributed by atoms with van der Waals surface area (Å²) in [6, 6.07) is 11.2. The van der Waals surface area contributed by atoms with Crippen molar-refractivity contribution in [1.82, 2.24) is 4.98 Å². The number of hydrogen-bond acceptors (Lipinski definition) is 5. The monoisotopic (exact) mass is 257 g/mol. The molecular formula is C14H15N3O2. The number of nitrogens with zero attached hydrogens (tertiary/aromatic N) is 2. The van der Waals surface area contributed by atoms with E-state index in [-0.39, 0.29) is 0 Å². The van der Waals surface area contributed by atoms with Crippen molar-refractivity contribution in [3.05, 3.63) is 48.2 Å². The van der Waals surface area contributed by atoms with E-state index in [9.17, 15) is 0 Å². The Kier molecular flexibility index (Phi) is 4.34. The quantitative estimate of drug-likeness (QED) is 0.660. The highest BCUT2D eigenvalue weighted by molar-refractivity contribution is 5.85. The van der Waals surface area contributed by atoms with E-state index in [1.807, 2.05) is 36.4 Å². The Bertz CT molecular complexity index is 556. The second-order valence-corrected chi connectivity index (χ2v) is 3.67. The lowest BCUT2D eigenvalue weighted by molar-refractivity contribution is 0.354. The fraction of sp³-hybridized carbons (Fsp3) is 0.143. The second kappa shape index (κ2) is 6.39. The van der Waals surface area contributed by atoms with E-state index >= 15 is 0 Å². The number of nitrogens with one attached hydrogen (secondary N) is 1. The van der Waals surface area contributed by atoms with Gasteiger partial charge in [0.25, 0.3) is 0 Å². The van der Waals surface area contributed by atoms with Crippen LogP contribution in [0.2, 0.25) is 0 Å². The minimum atomic E-state index is 0.650. The molecule has 0 bridgehead atoms. The van der Waals surface area contributed by atoms with Gasteiger partial charge in [-0.3, -0.25) is 5.43 Å². The Labute approximate surface area is 111 Å². The van der Waals surface area contributed by atoms with Gasteiger partial charge in [-0.15, -0.1) is 0 Å². The average molecular weight is 257 g/mol. The maximum atomic E-state index is 5.31. The molecule has 2 aromatic rings. The number of ether oxygens (including phenoxy) is 2. The highest BCUT2D eigenvalue weighted by atomic mass is 16.5. The average Bonchev–Trinajstić information content (AvgIpc) is 2.48. The van der Waals surface area contributed by atoms with Crippen LogP contribution < -0.4 is 14.9 Å². The molecule has 0 aliphatic rings. The van der Waals surface area contributed by atoms with Gasteiger partial charge < -0.3 is 9.47 Å². The van der Waals surface area contributed by atoms with Crippen molar-refractivity contribution in [3.63, 3.8) is 0 Å². The molecular weight excluding hydrogens is 242 g/mol. The number of para-hydroxylation sites is 1. The first-order valence-corrected chi connectivity index (χ1v) is 5.76. The summed E-state index contributed by atoms with van der Waals surface area (Å²) in [6.45, 7) is 0. The van der Waals surface area contributed by atoms with Gasteiger partial charge in [0.05, 0.1) is 20.4 Å². The predicted octanol–water partition coefficient (Wildman–Crippen LogP) is 2.54. The van der Waals surface area contributed by atoms with E-state index in [2.05, 4.69) is 15.5 Å². The predicted molar refractivity (Wildman–Crippen MR) is 75.0 cm³/mol. The molecule has 0 saturated heterocycles. The third-order valence-electron chi connectivity index (χ3n) is 2.48. The summed E-state index contributed by atoms with van der Waals surface area (Å²) in [4.78, 5) is 4.11. The van der Waals surface area contributed by atoms with Crippen molar-refractivity contribution in [1.29, 1.82) is 0 Å². The van der Waals surface area contributed by atoms with E-state index in [0.717, 1.165) is 5.56 Å². The number of benzene rings is 1. The smallest absolute Gasteiger partial charge is 0.169 e. The van der Waals surface area contributed by atoms with E-state index in [1.54, 1.807) is 26.6 Å². The van der Waals surface area contributed by atoms with E-state index in [0.29, 0.717) is 17.3 Å². The zero-order chi connectivity index (χ0) is 13.5. The Balaban J connectivity index is 2.15. The molecule has 0 fully saturated rings. The molecule has 0 radical (unpaired) electrons. The Morgan fingerprint density at radius 3 is 2.68 bits per heavy atom. The third kappa shape index (κ3) is 3.22. The fourth-order valence-corrected chi connectivity index (χ4v) is 1.61. The number of pyridine rings is 1. The summed E-state index contributed by atoms with van der Waals surface area (Å²) < 4.78 is 10.5. The molecule has 0 spiro atoms. The zero-order valence-electron chi connectivity index (χ0n) is 10.8. The molecule has 98 valence electrons. The minimum Gasteiger partial charge on any atom is -0.493 e. The fourth-order valence-electron chi connectivity index (χ4n) is 1.61. The molecule has 0 aliphatic carbocycles. The highest BCUT2D eigenvalue weighted by Gasteiger charge is 2.06. The summed E-state index contributed by atoms with van der Waals surface area (Å²) >= 11 is 0. The number of anilines is 1. The van der Waals surface area contributed by atoms with Crippen LogP contribution in [0, 0.1) is 0 Å². The lowest BCUT2D eigenvalue weighted by Crippen LogP contribution is -1.97. The van der Waals surface area contributed by atoms with Crippen LogP contribution in [-0.4, -0.2) is 25.4 Å². The van der Waals surface area contributed by atoms with Crippen LogP contribution in [0.1, 0.15) is 5.56 Å². The minimum absolute atomic E-state index is 0.650. The van der Waals surface area contributed by atoms with Gasteiger partial charge in [0.2, 0.25) is 0 Å². The van der Waals surface area contributed by atoms with Crippen molar-refractivity contribution in [3.8, 4) is 11.5 Å². The van der Waals surface area contributed by atoms with Crippen molar-refractivity contribution >= 4 is 12.0 Å². The van der Waals surface area contributed by atoms with Crippen LogP contribution in [0.3, 0.4) is 0 Å². The Morgan fingerprint density at radius 2 is 2.00 bits per heavy atom. The molecule has 0 amide bonds. The Hall–Kier alpha value is -2.56. The molecule has 5 heteroatoms. The molecule has 0 aliphatic heterocycles. The van der Waals surface area contributed by atoms with Gasteiger partial charge in [-0.05, 0) is 24.3 Å². The first kappa shape index (κ1) is 12.9. The van der Waals surface area contributed by atoms with Gasteiger partial charge in [-0.2, -0.15) is 5.10 Å². The molecule has 5 nitrogen and oxygen atoms in total. The lowest BCUT2D eigenvalue weighted by atomic mass is 10.2. The summed E-state index contributed by atoms with van der Waals surface area (Å²) in [5, 5.41) is 4.12. The van der Waals surface area contributed by atoms with Crippen LogP contribution in [0.5, 0.6) is 11.5 Å². The third-order valence-corrected chi connectivity index (χ3v) is 2.48. The van der Waals surface area contributed by atoms with Gasteiger partial charge in [0.15, 0.2) is 11.5 Å². The maximum absolute atomic E-state index is 5.31. The number of methoxy groups -OCH3 is 2. The lowest BCUT2D eigenvalue weighted by Gasteiger charge is -2.09. The maximum Gasteiger partial charge on any atom is 0.169 e. The van der Waals surface area contributed by atoms with Crippen LogP contribution >= 0.6 is 0 Å². The zero-order valence-corrected chi connectivity index (χ0v) is 10.8. The summed E-state index contributed by atoms with van der Waals surface area (Å²) in [5.74, 6) is 2.00. The SMILES string of the molecule is COc1cccc(/C=N/Nc2ccccn2)c1OC. The van der Waals surface area contributed by atoms with Crippen LogP contribution in [0.15, 0.2) is 47.7 Å². The molecule has 1 heterocycles. The van der Waals surface area contributed by atoms with Crippen molar-refractivity contribution in [2.24, 2.45) is 5.10 Å². The van der Waals surface area contributed by atoms with Crippen molar-refractivity contribution < 1.29 is 9.47 Å². The molecule has 1 aromatic heterocycles. The summed E-state index contributed by atoms with van der Waals surface area (Å²) in [5.41, 5.74) is 3.67. The van der Waals surface area contributed by atoms with Crippen molar-refractivity contribution in [2.45, 2.75) is 0 Å². The van der Waals surface area contributed by atoms with E-state index in [1.165, 1.54) is 0 Å². The van der Waals surface area contributed by atoms with Crippen LogP contribution in [0.4, 0.5) is 5.82 Å². The highest BCUT2D eigenvalue weighted by Crippen LogP contribution is 2.29. The molecule has 1 aromatic carbocycles. The first-order valence-electron chi connectivity index (χ1n) is 5.76. The molecule has 1 N–H and O–H groups in total. The van der Waals surface area contributed by atoms with E-state index < -0.39 is 0 Å². The van der Waals surface area contributed by atoms with Gasteiger partial charge in [0.1, 0.15) is 5.82 Å². The van der Waals surface area contributed by atoms with E-state index in [4.69, 9.17) is 9.47 Å². The summed E-state index contributed by atoms with van der Waals surface area (Å²) in [7, 11) is 3.20. The van der Waals surface area contributed by atoms with Gasteiger partial charge in [-0.25, -0.2) is 4.98 Å². The summed E-state index contributed by atoms with van der Waals surface area (Å²) in [6.07, 6.45) is 3.36. The van der Waals surface area contributed by atoms with Crippen molar-refractivity contribution in [2.75, 3.05) is 19.6 Å². The second-order valence-electron chi connectivity index (χ2n) is 3.67. The topological polar surface area (TPSA) is 55.7 Å². The molecule has 2 rings (SSSR count). The first-order chi connectivity index (χ1) is 9.35. The van der Waals surface area contributed by atoms with Crippen LogP contribution in [0.25, 0.3) is 0 Å². The molecule has 0 atom stereocenters. The molecule has 19 heavy (non-hydrogen) atoms.